The fourth-order valence-electron chi connectivity index (χ4n) is 1.37. The second kappa shape index (κ2) is 8.97. The lowest BCUT2D eigenvalue weighted by Gasteiger charge is -2.23. The third kappa shape index (κ3) is 5.94. The number of piperidine rings is 1. The maximum absolute atomic E-state index is 11.1. The van der Waals surface area contributed by atoms with Crippen LogP contribution in [-0.2, 0) is 9.53 Å². The van der Waals surface area contributed by atoms with E-state index in [1.165, 1.54) is 7.11 Å². The average molecular weight is 202 g/mol. The number of nitrogens with one attached hydrogen (secondary N) is 2. The van der Waals surface area contributed by atoms with Crippen LogP contribution in [0.5, 0.6) is 0 Å². The Hall–Kier alpha value is -0.610. The van der Waals surface area contributed by atoms with E-state index in [-0.39, 0.29) is 12.5 Å². The summed E-state index contributed by atoms with van der Waals surface area (Å²) in [5, 5.41) is 6.15. The van der Waals surface area contributed by atoms with Gasteiger partial charge in [0, 0.05) is 13.2 Å². The van der Waals surface area contributed by atoms with Crippen molar-refractivity contribution in [2.45, 2.75) is 32.7 Å². The highest BCUT2D eigenvalue weighted by Crippen LogP contribution is 2.01. The lowest BCUT2D eigenvalue weighted by Crippen LogP contribution is -2.43. The van der Waals surface area contributed by atoms with Gasteiger partial charge in [0.2, 0.25) is 5.91 Å². The van der Waals surface area contributed by atoms with Crippen LogP contribution in [0.3, 0.4) is 0 Å². The molecule has 1 amide bonds. The molecule has 1 saturated heterocycles. The Labute approximate surface area is 86.4 Å². The topological polar surface area (TPSA) is 50.4 Å². The maximum atomic E-state index is 11.1. The van der Waals surface area contributed by atoms with Crippen molar-refractivity contribution in [2.75, 3.05) is 26.8 Å². The molecule has 0 unspecified atom stereocenters. The summed E-state index contributed by atoms with van der Waals surface area (Å²) in [5.41, 5.74) is 0. The Bertz CT molecular complexity index is 145. The highest BCUT2D eigenvalue weighted by molar-refractivity contribution is 5.77. The molecule has 0 bridgehead atoms. The molecule has 1 rings (SSSR count). The Morgan fingerprint density at radius 2 is 2.00 bits per heavy atom. The third-order valence-corrected chi connectivity index (χ3v) is 1.98. The molecule has 0 aromatic carbocycles. The number of methoxy groups -OCH3 is 1. The Morgan fingerprint density at radius 1 is 1.43 bits per heavy atom. The molecule has 1 fully saturated rings. The minimum absolute atomic E-state index is 0.00981. The van der Waals surface area contributed by atoms with Gasteiger partial charge in [-0.1, -0.05) is 13.8 Å². The molecule has 4 nitrogen and oxygen atoms in total. The minimum atomic E-state index is -0.00981. The summed E-state index contributed by atoms with van der Waals surface area (Å²) in [7, 11) is 1.53. The van der Waals surface area contributed by atoms with Crippen LogP contribution in [-0.4, -0.2) is 38.8 Å². The van der Waals surface area contributed by atoms with Crippen LogP contribution >= 0.6 is 0 Å². The van der Waals surface area contributed by atoms with Crippen molar-refractivity contribution in [3.05, 3.63) is 0 Å². The van der Waals surface area contributed by atoms with Gasteiger partial charge >= 0.3 is 0 Å². The standard InChI is InChI=1S/C8H16N2O2.C2H6/c1-12-6-8(11)10-7-2-4-9-5-3-7;1-2/h7,9H,2-6H2,1H3,(H,10,11);1-2H3. The van der Waals surface area contributed by atoms with Gasteiger partial charge in [-0.15, -0.1) is 0 Å². The van der Waals surface area contributed by atoms with E-state index in [0.29, 0.717) is 6.04 Å². The molecular formula is C10H22N2O2. The van der Waals surface area contributed by atoms with Gasteiger partial charge in [0.15, 0.2) is 0 Å². The lowest BCUT2D eigenvalue weighted by molar-refractivity contribution is -0.125. The van der Waals surface area contributed by atoms with E-state index in [9.17, 15) is 4.79 Å². The predicted molar refractivity (Wildman–Crippen MR) is 57.3 cm³/mol. The van der Waals surface area contributed by atoms with E-state index in [1.54, 1.807) is 0 Å². The van der Waals surface area contributed by atoms with Gasteiger partial charge in [0.1, 0.15) is 6.61 Å². The molecule has 0 saturated carbocycles. The van der Waals surface area contributed by atoms with E-state index in [1.807, 2.05) is 13.8 Å². The first kappa shape index (κ1) is 13.4. The minimum Gasteiger partial charge on any atom is -0.375 e. The number of amides is 1. The average Bonchev–Trinajstić information content (AvgIpc) is 2.22. The first-order chi connectivity index (χ1) is 6.83. The smallest absolute Gasteiger partial charge is 0.246 e. The molecule has 84 valence electrons. The summed E-state index contributed by atoms with van der Waals surface area (Å²) in [6.07, 6.45) is 2.05. The largest absolute Gasteiger partial charge is 0.375 e. The normalized spacial score (nSPS) is 16.8. The molecule has 1 heterocycles. The number of hydrogen-bond acceptors (Lipinski definition) is 3. The molecule has 1 aliphatic heterocycles. The molecule has 0 spiro atoms. The Balaban J connectivity index is 0.000000791. The van der Waals surface area contributed by atoms with Crippen LogP contribution in [0.15, 0.2) is 0 Å². The third-order valence-electron chi connectivity index (χ3n) is 1.98. The SMILES string of the molecule is CC.COCC(=O)NC1CCNCC1. The quantitative estimate of drug-likeness (QED) is 0.702. The van der Waals surface area contributed by atoms with Crippen LogP contribution < -0.4 is 10.6 Å². The number of carbonyl (C=O) groups excluding carboxylic acids is 1. The van der Waals surface area contributed by atoms with Gasteiger partial charge in [0.05, 0.1) is 0 Å². The van der Waals surface area contributed by atoms with Crippen molar-refractivity contribution in [1.82, 2.24) is 10.6 Å². The van der Waals surface area contributed by atoms with E-state index < -0.39 is 0 Å². The maximum Gasteiger partial charge on any atom is 0.246 e. The molecule has 0 aromatic rings. The zero-order valence-corrected chi connectivity index (χ0v) is 9.43. The molecule has 0 atom stereocenters. The number of hydrogen-bond donors (Lipinski definition) is 2. The molecule has 14 heavy (non-hydrogen) atoms. The number of carbonyl (C=O) groups is 1. The summed E-state index contributed by atoms with van der Waals surface area (Å²) < 4.78 is 4.72. The predicted octanol–water partition coefficient (Wildman–Crippen LogP) is 0.527. The van der Waals surface area contributed by atoms with Crippen molar-refractivity contribution in [3.63, 3.8) is 0 Å². The highest BCUT2D eigenvalue weighted by Gasteiger charge is 2.14. The zero-order valence-electron chi connectivity index (χ0n) is 9.43. The second-order valence-corrected chi connectivity index (χ2v) is 3.02. The van der Waals surface area contributed by atoms with Gasteiger partial charge in [-0.05, 0) is 25.9 Å². The van der Waals surface area contributed by atoms with Gasteiger partial charge in [-0.2, -0.15) is 0 Å². The molecule has 4 heteroatoms. The number of rotatable bonds is 3. The summed E-state index contributed by atoms with van der Waals surface area (Å²) in [5.74, 6) is -0.00981. The highest BCUT2D eigenvalue weighted by atomic mass is 16.5. The molecule has 0 aromatic heterocycles. The van der Waals surface area contributed by atoms with Gasteiger partial charge in [-0.25, -0.2) is 0 Å². The number of ether oxygens (including phenoxy) is 1. The monoisotopic (exact) mass is 202 g/mol. The van der Waals surface area contributed by atoms with Crippen molar-refractivity contribution in [3.8, 4) is 0 Å². The molecular weight excluding hydrogens is 180 g/mol. The van der Waals surface area contributed by atoms with E-state index in [0.717, 1.165) is 25.9 Å². The van der Waals surface area contributed by atoms with Crippen LogP contribution in [0.2, 0.25) is 0 Å². The molecule has 0 aliphatic carbocycles. The van der Waals surface area contributed by atoms with Gasteiger partial charge < -0.3 is 15.4 Å². The Morgan fingerprint density at radius 3 is 2.50 bits per heavy atom. The van der Waals surface area contributed by atoms with Crippen molar-refractivity contribution in [2.24, 2.45) is 0 Å². The van der Waals surface area contributed by atoms with Crippen molar-refractivity contribution in [1.29, 1.82) is 0 Å². The summed E-state index contributed by atoms with van der Waals surface area (Å²) in [4.78, 5) is 11.1. The van der Waals surface area contributed by atoms with Crippen LogP contribution in [0.4, 0.5) is 0 Å². The molecule has 0 radical (unpaired) electrons. The summed E-state index contributed by atoms with van der Waals surface area (Å²) in [6.45, 7) is 6.17. The first-order valence-corrected chi connectivity index (χ1v) is 5.32. The second-order valence-electron chi connectivity index (χ2n) is 3.02. The molecule has 2 N–H and O–H groups in total. The van der Waals surface area contributed by atoms with E-state index in [2.05, 4.69) is 10.6 Å². The summed E-state index contributed by atoms with van der Waals surface area (Å²) >= 11 is 0. The van der Waals surface area contributed by atoms with Crippen molar-refractivity contribution >= 4 is 5.91 Å². The van der Waals surface area contributed by atoms with Crippen LogP contribution in [0.1, 0.15) is 26.7 Å². The fraction of sp³-hybridized carbons (Fsp3) is 0.900. The van der Waals surface area contributed by atoms with E-state index in [4.69, 9.17) is 4.74 Å². The lowest BCUT2D eigenvalue weighted by atomic mass is 10.1. The van der Waals surface area contributed by atoms with Crippen LogP contribution in [0, 0.1) is 0 Å². The summed E-state index contributed by atoms with van der Waals surface area (Å²) in [6, 6.07) is 0.342. The van der Waals surface area contributed by atoms with Crippen molar-refractivity contribution < 1.29 is 9.53 Å². The van der Waals surface area contributed by atoms with Crippen LogP contribution in [0.25, 0.3) is 0 Å². The molecule has 1 aliphatic rings. The van der Waals surface area contributed by atoms with Gasteiger partial charge in [0.25, 0.3) is 0 Å². The fourth-order valence-corrected chi connectivity index (χ4v) is 1.37. The van der Waals surface area contributed by atoms with E-state index >= 15 is 0 Å². The Kier molecular flexibility index (Phi) is 8.57. The first-order valence-electron chi connectivity index (χ1n) is 5.32. The zero-order chi connectivity index (χ0) is 10.8. The van der Waals surface area contributed by atoms with Gasteiger partial charge in [-0.3, -0.25) is 4.79 Å².